The van der Waals surface area contributed by atoms with E-state index in [1.54, 1.807) is 7.05 Å². The van der Waals surface area contributed by atoms with Gasteiger partial charge >= 0.3 is 0 Å². The van der Waals surface area contributed by atoms with Crippen molar-refractivity contribution in [3.63, 3.8) is 0 Å². The summed E-state index contributed by atoms with van der Waals surface area (Å²) in [4.78, 5) is 6.90. The van der Waals surface area contributed by atoms with Gasteiger partial charge in [-0.05, 0) is 55.1 Å². The van der Waals surface area contributed by atoms with E-state index in [1.165, 1.54) is 37.1 Å². The van der Waals surface area contributed by atoms with Crippen LogP contribution < -0.4 is 10.6 Å². The Morgan fingerprint density at radius 3 is 2.67 bits per heavy atom. The summed E-state index contributed by atoms with van der Waals surface area (Å²) in [5.41, 5.74) is 3.48. The number of benzene rings is 1. The number of hydrogen-bond acceptors (Lipinski definition) is 4. The lowest BCUT2D eigenvalue weighted by molar-refractivity contribution is 0.185. The van der Waals surface area contributed by atoms with E-state index >= 15 is 0 Å². The predicted octanol–water partition coefficient (Wildman–Crippen LogP) is 2.83. The zero-order chi connectivity index (χ0) is 20.8. The van der Waals surface area contributed by atoms with Crippen LogP contribution in [0.2, 0.25) is 0 Å². The number of aromatic nitrogens is 3. The SMILES string of the molecule is CN=C(NCc1cccc(CN2CCC(C)CC2)c1)NCc1nnc2ccccn12. The molecule has 3 heterocycles. The predicted molar refractivity (Wildman–Crippen MR) is 120 cm³/mol. The molecule has 0 spiro atoms. The topological polar surface area (TPSA) is 69.8 Å². The number of fused-ring (bicyclic) bond motifs is 1. The molecule has 7 nitrogen and oxygen atoms in total. The van der Waals surface area contributed by atoms with Crippen molar-refractivity contribution < 1.29 is 0 Å². The van der Waals surface area contributed by atoms with Gasteiger partial charge in [-0.2, -0.15) is 0 Å². The van der Waals surface area contributed by atoms with Crippen molar-refractivity contribution in [3.8, 4) is 0 Å². The van der Waals surface area contributed by atoms with Crippen LogP contribution in [-0.4, -0.2) is 45.6 Å². The minimum absolute atomic E-state index is 0.554. The normalized spacial score (nSPS) is 16.1. The quantitative estimate of drug-likeness (QED) is 0.488. The van der Waals surface area contributed by atoms with Crippen molar-refractivity contribution in [2.75, 3.05) is 20.1 Å². The van der Waals surface area contributed by atoms with Gasteiger partial charge in [-0.1, -0.05) is 37.3 Å². The summed E-state index contributed by atoms with van der Waals surface area (Å²) in [6, 6.07) is 14.7. The summed E-state index contributed by atoms with van der Waals surface area (Å²) < 4.78 is 1.98. The molecule has 4 rings (SSSR count). The maximum Gasteiger partial charge on any atom is 0.191 e. The molecular weight excluding hydrogens is 374 g/mol. The number of aliphatic imine (C=N–C) groups is 1. The third-order valence-corrected chi connectivity index (χ3v) is 5.76. The zero-order valence-corrected chi connectivity index (χ0v) is 17.9. The van der Waals surface area contributed by atoms with E-state index in [2.05, 4.69) is 61.9 Å². The summed E-state index contributed by atoms with van der Waals surface area (Å²) in [7, 11) is 1.78. The van der Waals surface area contributed by atoms with Crippen molar-refractivity contribution in [3.05, 3.63) is 65.6 Å². The molecule has 2 N–H and O–H groups in total. The van der Waals surface area contributed by atoms with Gasteiger partial charge in [-0.15, -0.1) is 10.2 Å². The fourth-order valence-electron chi connectivity index (χ4n) is 3.90. The van der Waals surface area contributed by atoms with Gasteiger partial charge in [0.1, 0.15) is 0 Å². The molecule has 158 valence electrons. The van der Waals surface area contributed by atoms with Crippen molar-refractivity contribution in [1.82, 2.24) is 30.1 Å². The minimum atomic E-state index is 0.554. The lowest BCUT2D eigenvalue weighted by atomic mass is 9.98. The standard InChI is InChI=1S/C23H31N7/c1-18-9-12-29(13-10-18)17-20-7-5-6-19(14-20)15-25-23(24-2)26-16-22-28-27-21-8-3-4-11-30(21)22/h3-8,11,14,18H,9-10,12-13,15-17H2,1-2H3,(H2,24,25,26). The van der Waals surface area contributed by atoms with E-state index in [4.69, 9.17) is 0 Å². The Labute approximate surface area is 178 Å². The molecule has 1 aromatic carbocycles. The molecule has 1 aliphatic rings. The summed E-state index contributed by atoms with van der Waals surface area (Å²) >= 11 is 0. The lowest BCUT2D eigenvalue weighted by Crippen LogP contribution is -2.36. The van der Waals surface area contributed by atoms with E-state index in [-0.39, 0.29) is 0 Å². The van der Waals surface area contributed by atoms with Crippen LogP contribution in [-0.2, 0) is 19.6 Å². The Bertz CT molecular complexity index is 986. The molecule has 3 aromatic rings. The van der Waals surface area contributed by atoms with Crippen molar-refractivity contribution in [2.24, 2.45) is 10.9 Å². The first-order chi connectivity index (χ1) is 14.7. The van der Waals surface area contributed by atoms with Crippen LogP contribution in [0.3, 0.4) is 0 Å². The Kier molecular flexibility index (Phi) is 6.59. The third-order valence-electron chi connectivity index (χ3n) is 5.76. The molecule has 0 unspecified atom stereocenters. The molecule has 0 saturated carbocycles. The summed E-state index contributed by atoms with van der Waals surface area (Å²) in [6.07, 6.45) is 4.59. The van der Waals surface area contributed by atoms with Gasteiger partial charge in [0, 0.05) is 26.3 Å². The highest BCUT2D eigenvalue weighted by molar-refractivity contribution is 5.79. The Balaban J connectivity index is 1.29. The van der Waals surface area contributed by atoms with Gasteiger partial charge < -0.3 is 10.6 Å². The van der Waals surface area contributed by atoms with Crippen molar-refractivity contribution in [2.45, 2.75) is 39.4 Å². The number of nitrogens with zero attached hydrogens (tertiary/aromatic N) is 5. The molecular formula is C23H31N7. The Morgan fingerprint density at radius 1 is 1.03 bits per heavy atom. The highest BCUT2D eigenvalue weighted by Crippen LogP contribution is 2.18. The molecule has 0 radical (unpaired) electrons. The van der Waals surface area contributed by atoms with Gasteiger partial charge in [0.05, 0.1) is 6.54 Å². The average Bonchev–Trinajstić information content (AvgIpc) is 3.19. The average molecular weight is 406 g/mol. The number of piperidine rings is 1. The first kappa shape index (κ1) is 20.3. The fraction of sp³-hybridized carbons (Fsp3) is 0.435. The number of pyridine rings is 1. The molecule has 7 heteroatoms. The molecule has 0 atom stereocenters. The monoisotopic (exact) mass is 405 g/mol. The number of guanidine groups is 1. The van der Waals surface area contributed by atoms with Gasteiger partial charge in [-0.3, -0.25) is 14.3 Å². The molecule has 0 bridgehead atoms. The van der Waals surface area contributed by atoms with Crippen LogP contribution in [0.25, 0.3) is 5.65 Å². The molecule has 1 fully saturated rings. The molecule has 1 saturated heterocycles. The van der Waals surface area contributed by atoms with E-state index < -0.39 is 0 Å². The van der Waals surface area contributed by atoms with Crippen LogP contribution in [0.1, 0.15) is 36.7 Å². The van der Waals surface area contributed by atoms with E-state index in [1.807, 2.05) is 28.8 Å². The fourth-order valence-corrected chi connectivity index (χ4v) is 3.90. The minimum Gasteiger partial charge on any atom is -0.352 e. The van der Waals surface area contributed by atoms with Crippen LogP contribution in [0.4, 0.5) is 0 Å². The van der Waals surface area contributed by atoms with Crippen LogP contribution in [0.15, 0.2) is 53.7 Å². The molecule has 0 amide bonds. The first-order valence-electron chi connectivity index (χ1n) is 10.7. The molecule has 1 aliphatic heterocycles. The van der Waals surface area contributed by atoms with E-state index in [9.17, 15) is 0 Å². The number of nitrogens with one attached hydrogen (secondary N) is 2. The number of likely N-dealkylation sites (tertiary alicyclic amines) is 1. The molecule has 30 heavy (non-hydrogen) atoms. The highest BCUT2D eigenvalue weighted by Gasteiger charge is 2.15. The van der Waals surface area contributed by atoms with E-state index in [0.29, 0.717) is 6.54 Å². The van der Waals surface area contributed by atoms with Crippen LogP contribution >= 0.6 is 0 Å². The Hall–Kier alpha value is -2.93. The van der Waals surface area contributed by atoms with Crippen LogP contribution in [0.5, 0.6) is 0 Å². The van der Waals surface area contributed by atoms with Crippen molar-refractivity contribution in [1.29, 1.82) is 0 Å². The second kappa shape index (κ2) is 9.71. The number of hydrogen-bond donors (Lipinski definition) is 2. The zero-order valence-electron chi connectivity index (χ0n) is 17.9. The second-order valence-corrected chi connectivity index (χ2v) is 8.10. The molecule has 0 aliphatic carbocycles. The maximum atomic E-state index is 4.33. The van der Waals surface area contributed by atoms with Gasteiger partial charge in [-0.25, -0.2) is 0 Å². The highest BCUT2D eigenvalue weighted by atomic mass is 15.3. The largest absolute Gasteiger partial charge is 0.352 e. The number of rotatable bonds is 6. The maximum absolute atomic E-state index is 4.33. The van der Waals surface area contributed by atoms with Crippen molar-refractivity contribution >= 4 is 11.6 Å². The molecule has 2 aromatic heterocycles. The van der Waals surface area contributed by atoms with E-state index in [0.717, 1.165) is 36.4 Å². The second-order valence-electron chi connectivity index (χ2n) is 8.10. The lowest BCUT2D eigenvalue weighted by Gasteiger charge is -2.30. The third kappa shape index (κ3) is 5.16. The van der Waals surface area contributed by atoms with Crippen LogP contribution in [0, 0.1) is 5.92 Å². The van der Waals surface area contributed by atoms with Gasteiger partial charge in [0.2, 0.25) is 0 Å². The van der Waals surface area contributed by atoms with Gasteiger partial charge in [0.15, 0.2) is 17.4 Å². The first-order valence-corrected chi connectivity index (χ1v) is 10.7. The van der Waals surface area contributed by atoms with Gasteiger partial charge in [0.25, 0.3) is 0 Å². The summed E-state index contributed by atoms with van der Waals surface area (Å²) in [6.45, 7) is 7.09. The smallest absolute Gasteiger partial charge is 0.191 e. The Morgan fingerprint density at radius 2 is 1.83 bits per heavy atom. The summed E-state index contributed by atoms with van der Waals surface area (Å²) in [5.74, 6) is 2.47. The summed E-state index contributed by atoms with van der Waals surface area (Å²) in [5, 5.41) is 15.2.